The number of aliphatic hydroxyl groups excluding tert-OH is 1. The zero-order valence-electron chi connectivity index (χ0n) is 10.3. The van der Waals surface area contributed by atoms with Crippen LogP contribution in [0.4, 0.5) is 0 Å². The number of ether oxygens (including phenoxy) is 1. The number of nitrogens with one attached hydrogen (secondary N) is 1. The van der Waals surface area contributed by atoms with Crippen LogP contribution in [0.25, 0.3) is 0 Å². The number of carbonyl (C=O) groups is 1. The van der Waals surface area contributed by atoms with E-state index in [2.05, 4.69) is 10.4 Å². The molecule has 17 heavy (non-hydrogen) atoms. The number of carbonyl (C=O) groups excluding carboxylic acids is 1. The quantitative estimate of drug-likeness (QED) is 0.644. The van der Waals surface area contributed by atoms with E-state index in [1.165, 1.54) is 0 Å². The number of hydrogen-bond donors (Lipinski definition) is 2. The molecule has 0 unspecified atom stereocenters. The Morgan fingerprint density at radius 2 is 2.35 bits per heavy atom. The molecule has 1 heterocycles. The van der Waals surface area contributed by atoms with Gasteiger partial charge >= 0.3 is 0 Å². The van der Waals surface area contributed by atoms with Gasteiger partial charge in [0.25, 0.3) is 5.91 Å². The van der Waals surface area contributed by atoms with E-state index in [0.29, 0.717) is 25.3 Å². The Hall–Kier alpha value is -1.40. The number of nitrogens with zero attached hydrogens (tertiary/aromatic N) is 2. The van der Waals surface area contributed by atoms with Gasteiger partial charge in [-0.1, -0.05) is 6.92 Å². The van der Waals surface area contributed by atoms with Crippen LogP contribution in [0.15, 0.2) is 6.20 Å². The first-order valence-corrected chi connectivity index (χ1v) is 5.68. The van der Waals surface area contributed by atoms with Gasteiger partial charge in [-0.3, -0.25) is 9.48 Å². The lowest BCUT2D eigenvalue weighted by atomic mass is 10.2. The van der Waals surface area contributed by atoms with Crippen LogP contribution in [0, 0.1) is 0 Å². The molecule has 1 rings (SSSR count). The minimum Gasteiger partial charge on any atom is -0.394 e. The van der Waals surface area contributed by atoms with Crippen molar-refractivity contribution in [1.82, 2.24) is 15.1 Å². The van der Waals surface area contributed by atoms with E-state index in [0.717, 1.165) is 12.1 Å². The van der Waals surface area contributed by atoms with Crippen LogP contribution in [0.2, 0.25) is 0 Å². The smallest absolute Gasteiger partial charge is 0.254 e. The molecule has 96 valence electrons. The standard InChI is InChI=1S/C11H19N3O3/c1-3-10-9(8-14(2)13-10)11(16)12-4-6-17-7-5-15/h8,15H,3-7H2,1-2H3,(H,12,16). The van der Waals surface area contributed by atoms with Gasteiger partial charge in [0.05, 0.1) is 31.1 Å². The van der Waals surface area contributed by atoms with E-state index >= 15 is 0 Å². The van der Waals surface area contributed by atoms with Crippen LogP contribution in [0.5, 0.6) is 0 Å². The fourth-order valence-electron chi connectivity index (χ4n) is 1.48. The summed E-state index contributed by atoms with van der Waals surface area (Å²) < 4.78 is 6.68. The summed E-state index contributed by atoms with van der Waals surface area (Å²) in [6.07, 6.45) is 2.44. The molecule has 0 aliphatic rings. The zero-order chi connectivity index (χ0) is 12.7. The van der Waals surface area contributed by atoms with Gasteiger partial charge in [-0.2, -0.15) is 5.10 Å². The predicted molar refractivity (Wildman–Crippen MR) is 62.8 cm³/mol. The van der Waals surface area contributed by atoms with Gasteiger partial charge in [-0.15, -0.1) is 0 Å². The Morgan fingerprint density at radius 3 is 3.00 bits per heavy atom. The molecule has 2 N–H and O–H groups in total. The molecule has 0 saturated carbocycles. The Labute approximate surface area is 101 Å². The zero-order valence-corrected chi connectivity index (χ0v) is 10.3. The maximum Gasteiger partial charge on any atom is 0.254 e. The molecule has 0 saturated heterocycles. The van der Waals surface area contributed by atoms with Crippen molar-refractivity contribution in [2.24, 2.45) is 7.05 Å². The van der Waals surface area contributed by atoms with Crippen molar-refractivity contribution in [2.75, 3.05) is 26.4 Å². The Bertz CT molecular complexity index is 363. The average molecular weight is 241 g/mol. The van der Waals surface area contributed by atoms with Crippen LogP contribution in [-0.4, -0.2) is 47.2 Å². The second-order valence-corrected chi connectivity index (χ2v) is 3.61. The molecule has 0 aliphatic carbocycles. The highest BCUT2D eigenvalue weighted by Gasteiger charge is 2.13. The van der Waals surface area contributed by atoms with Gasteiger partial charge < -0.3 is 15.2 Å². The second-order valence-electron chi connectivity index (χ2n) is 3.61. The van der Waals surface area contributed by atoms with Gasteiger partial charge in [0.15, 0.2) is 0 Å². The van der Waals surface area contributed by atoms with E-state index in [9.17, 15) is 4.79 Å². The second kappa shape index (κ2) is 7.03. The molecule has 1 amide bonds. The molecule has 1 aromatic rings. The largest absolute Gasteiger partial charge is 0.394 e. The van der Waals surface area contributed by atoms with Gasteiger partial charge in [-0.05, 0) is 6.42 Å². The van der Waals surface area contributed by atoms with Gasteiger partial charge in [0.1, 0.15) is 0 Å². The molecule has 6 heteroatoms. The van der Waals surface area contributed by atoms with E-state index in [4.69, 9.17) is 9.84 Å². The number of rotatable bonds is 7. The van der Waals surface area contributed by atoms with Crippen molar-refractivity contribution in [1.29, 1.82) is 0 Å². The maximum absolute atomic E-state index is 11.8. The Balaban J connectivity index is 2.41. The molecule has 0 aromatic carbocycles. The molecule has 0 spiro atoms. The lowest BCUT2D eigenvalue weighted by Crippen LogP contribution is -2.28. The minimum atomic E-state index is -0.137. The highest BCUT2D eigenvalue weighted by Crippen LogP contribution is 2.06. The molecule has 1 aromatic heterocycles. The highest BCUT2D eigenvalue weighted by atomic mass is 16.5. The summed E-state index contributed by atoms with van der Waals surface area (Å²) in [6.45, 7) is 3.08. The summed E-state index contributed by atoms with van der Waals surface area (Å²) in [5, 5.41) is 15.4. The number of amides is 1. The summed E-state index contributed by atoms with van der Waals surface area (Å²) >= 11 is 0. The van der Waals surface area contributed by atoms with E-state index in [1.54, 1.807) is 17.9 Å². The SMILES string of the molecule is CCc1nn(C)cc1C(=O)NCCOCCO. The highest BCUT2D eigenvalue weighted by molar-refractivity contribution is 5.95. The lowest BCUT2D eigenvalue weighted by molar-refractivity contribution is 0.0837. The van der Waals surface area contributed by atoms with E-state index in [-0.39, 0.29) is 12.5 Å². The summed E-state index contributed by atoms with van der Waals surface area (Å²) in [7, 11) is 1.79. The number of aromatic nitrogens is 2. The van der Waals surface area contributed by atoms with Crippen LogP contribution >= 0.6 is 0 Å². The number of aliphatic hydroxyl groups is 1. The first-order valence-electron chi connectivity index (χ1n) is 5.68. The van der Waals surface area contributed by atoms with Crippen molar-refractivity contribution in [3.05, 3.63) is 17.5 Å². The van der Waals surface area contributed by atoms with E-state index < -0.39 is 0 Å². The molecular weight excluding hydrogens is 222 g/mol. The molecule has 0 bridgehead atoms. The van der Waals surface area contributed by atoms with Crippen molar-refractivity contribution in [2.45, 2.75) is 13.3 Å². The summed E-state index contributed by atoms with van der Waals surface area (Å²) in [5.74, 6) is -0.137. The molecule has 6 nitrogen and oxygen atoms in total. The minimum absolute atomic E-state index is 0.00344. The number of aryl methyl sites for hydroxylation is 2. The van der Waals surface area contributed by atoms with Crippen molar-refractivity contribution in [3.63, 3.8) is 0 Å². The fourth-order valence-corrected chi connectivity index (χ4v) is 1.48. The van der Waals surface area contributed by atoms with Crippen molar-refractivity contribution in [3.8, 4) is 0 Å². The van der Waals surface area contributed by atoms with E-state index in [1.807, 2.05) is 6.92 Å². The Kier molecular flexibility index (Phi) is 5.65. The topological polar surface area (TPSA) is 76.4 Å². The van der Waals surface area contributed by atoms with Crippen LogP contribution in [0.1, 0.15) is 23.0 Å². The average Bonchev–Trinajstić information content (AvgIpc) is 2.70. The van der Waals surface area contributed by atoms with Crippen molar-refractivity contribution < 1.29 is 14.6 Å². The predicted octanol–water partition coefficient (Wildman–Crippen LogP) is -0.279. The summed E-state index contributed by atoms with van der Waals surface area (Å²) in [4.78, 5) is 11.8. The summed E-state index contributed by atoms with van der Waals surface area (Å²) in [6, 6.07) is 0. The maximum atomic E-state index is 11.8. The van der Waals surface area contributed by atoms with Crippen molar-refractivity contribution >= 4 is 5.91 Å². The lowest BCUT2D eigenvalue weighted by Gasteiger charge is -2.05. The first-order chi connectivity index (χ1) is 8.19. The monoisotopic (exact) mass is 241 g/mol. The van der Waals surface area contributed by atoms with Crippen LogP contribution in [-0.2, 0) is 18.2 Å². The third-order valence-electron chi connectivity index (χ3n) is 2.25. The fraction of sp³-hybridized carbons (Fsp3) is 0.636. The number of hydrogen-bond acceptors (Lipinski definition) is 4. The molecule has 0 atom stereocenters. The molecule has 0 aliphatic heterocycles. The van der Waals surface area contributed by atoms with Gasteiger partial charge in [-0.25, -0.2) is 0 Å². The molecule has 0 radical (unpaired) electrons. The third-order valence-corrected chi connectivity index (χ3v) is 2.25. The third kappa shape index (κ3) is 4.16. The summed E-state index contributed by atoms with van der Waals surface area (Å²) in [5.41, 5.74) is 1.40. The first kappa shape index (κ1) is 13.7. The van der Waals surface area contributed by atoms with Gasteiger partial charge in [0, 0.05) is 19.8 Å². The Morgan fingerprint density at radius 1 is 1.59 bits per heavy atom. The van der Waals surface area contributed by atoms with Gasteiger partial charge in [0.2, 0.25) is 0 Å². The normalized spacial score (nSPS) is 10.5. The molecule has 0 fully saturated rings. The molecular formula is C11H19N3O3. The van der Waals surface area contributed by atoms with Crippen LogP contribution < -0.4 is 5.32 Å². The van der Waals surface area contributed by atoms with Crippen LogP contribution in [0.3, 0.4) is 0 Å².